The zero-order valence-corrected chi connectivity index (χ0v) is 30.2. The Morgan fingerprint density at radius 2 is 1.82 bits per heavy atom. The molecule has 51 heavy (non-hydrogen) atoms. The number of aryl methyl sites for hydroxylation is 1. The molecule has 0 saturated carbocycles. The Kier molecular flexibility index (Phi) is 11.4. The second kappa shape index (κ2) is 15.5. The quantitative estimate of drug-likeness (QED) is 0.118. The Balaban J connectivity index is 1.41. The number of rotatable bonds is 14. The van der Waals surface area contributed by atoms with Crippen molar-refractivity contribution in [2.24, 2.45) is 5.92 Å². The number of phenolic OH excluding ortho intramolecular Hbond substituents is 1. The monoisotopic (exact) mass is 704 g/mol. The lowest BCUT2D eigenvalue weighted by Crippen LogP contribution is -2.52. The summed E-state index contributed by atoms with van der Waals surface area (Å²) in [5.41, 5.74) is 1.55. The van der Waals surface area contributed by atoms with E-state index in [1.807, 2.05) is 20.8 Å². The number of benzene rings is 1. The molecule has 3 aromatic rings. The summed E-state index contributed by atoms with van der Waals surface area (Å²) in [5, 5.41) is 16.6. The molecule has 2 aliphatic rings. The molecule has 3 unspecified atom stereocenters. The summed E-state index contributed by atoms with van der Waals surface area (Å²) in [4.78, 5) is 71.2. The summed E-state index contributed by atoms with van der Waals surface area (Å²) < 4.78 is 18.4. The van der Waals surface area contributed by atoms with Crippen LogP contribution in [0.5, 0.6) is 5.75 Å². The van der Waals surface area contributed by atoms with E-state index in [1.54, 1.807) is 42.7 Å². The minimum atomic E-state index is -1.97. The summed E-state index contributed by atoms with van der Waals surface area (Å²) in [6.07, 6.45) is 2.78. The van der Waals surface area contributed by atoms with Crippen molar-refractivity contribution in [3.05, 3.63) is 56.9 Å². The highest BCUT2D eigenvalue weighted by molar-refractivity contribution is 5.90. The molecular weight excluding hydrogens is 656 g/mol. The number of hydrogen-bond acceptors (Lipinski definition) is 10. The zero-order chi connectivity index (χ0) is 37.0. The normalized spacial score (nSPS) is 17.2. The predicted molar refractivity (Wildman–Crippen MR) is 189 cm³/mol. The van der Waals surface area contributed by atoms with Crippen molar-refractivity contribution in [2.45, 2.75) is 117 Å². The molecule has 0 spiro atoms. The van der Waals surface area contributed by atoms with Gasteiger partial charge in [-0.1, -0.05) is 60.8 Å². The van der Waals surface area contributed by atoms with Crippen molar-refractivity contribution in [3.8, 4) is 17.1 Å². The van der Waals surface area contributed by atoms with Gasteiger partial charge in [0.25, 0.3) is 5.56 Å². The first kappa shape index (κ1) is 37.3. The van der Waals surface area contributed by atoms with Gasteiger partial charge in [0.1, 0.15) is 25.0 Å². The molecule has 0 bridgehead atoms. The van der Waals surface area contributed by atoms with Gasteiger partial charge < -0.3 is 34.5 Å². The highest BCUT2D eigenvalue weighted by Crippen LogP contribution is 2.42. The number of ether oxygens (including phenoxy) is 3. The summed E-state index contributed by atoms with van der Waals surface area (Å²) in [7, 11) is 0. The minimum absolute atomic E-state index is 0.0464. The molecule has 2 aromatic heterocycles. The summed E-state index contributed by atoms with van der Waals surface area (Å²) in [6, 6.07) is 5.26. The Labute approximate surface area is 297 Å². The molecule has 0 radical (unpaired) electrons. The third-order valence-electron chi connectivity index (χ3n) is 9.95. The van der Waals surface area contributed by atoms with Crippen LogP contribution in [0.1, 0.15) is 102 Å². The Hall–Kier alpha value is -4.94. The second-order valence-corrected chi connectivity index (χ2v) is 13.5. The number of aromatic hydroxyl groups is 1. The van der Waals surface area contributed by atoms with Crippen LogP contribution in [0.2, 0.25) is 0 Å². The van der Waals surface area contributed by atoms with Gasteiger partial charge in [0.05, 0.1) is 35.1 Å². The smallest absolute Gasteiger partial charge is 0.508 e. The molecular formula is C38H48N4O9. The number of nitrogens with zero attached hydrogens (tertiary/aromatic N) is 2. The van der Waals surface area contributed by atoms with Gasteiger partial charge in [-0.2, -0.15) is 0 Å². The lowest BCUT2D eigenvalue weighted by molar-refractivity contribution is -0.175. The average Bonchev–Trinajstić information content (AvgIpc) is 3.48. The van der Waals surface area contributed by atoms with E-state index in [1.165, 1.54) is 0 Å². The third-order valence-corrected chi connectivity index (χ3v) is 9.95. The van der Waals surface area contributed by atoms with Crippen LogP contribution in [0.4, 0.5) is 4.79 Å². The molecule has 13 nitrogen and oxygen atoms in total. The van der Waals surface area contributed by atoms with Crippen molar-refractivity contribution < 1.29 is 38.5 Å². The predicted octanol–water partition coefficient (Wildman–Crippen LogP) is 5.12. The van der Waals surface area contributed by atoms with E-state index in [0.717, 1.165) is 35.8 Å². The highest BCUT2D eigenvalue weighted by Gasteiger charge is 2.51. The fraction of sp³-hybridized carbons (Fsp3) is 0.526. The molecule has 274 valence electrons. The third kappa shape index (κ3) is 7.29. The number of cyclic esters (lactones) is 1. The van der Waals surface area contributed by atoms with Gasteiger partial charge in [-0.15, -0.1) is 0 Å². The van der Waals surface area contributed by atoms with E-state index in [2.05, 4.69) is 17.6 Å². The molecule has 1 aromatic carbocycles. The number of fused-ring (bicyclic) bond motifs is 5. The molecule has 5 rings (SSSR count). The first-order valence-electron chi connectivity index (χ1n) is 17.9. The van der Waals surface area contributed by atoms with Crippen LogP contribution in [-0.2, 0) is 53.8 Å². The van der Waals surface area contributed by atoms with Crippen molar-refractivity contribution in [1.29, 1.82) is 0 Å². The van der Waals surface area contributed by atoms with Crippen LogP contribution in [0.15, 0.2) is 29.1 Å². The maximum absolute atomic E-state index is 14.0. The van der Waals surface area contributed by atoms with E-state index in [0.29, 0.717) is 29.7 Å². The maximum atomic E-state index is 14.0. The Bertz CT molecular complexity index is 1900. The number of carbonyl (C=O) groups excluding carboxylic acids is 4. The van der Waals surface area contributed by atoms with E-state index >= 15 is 0 Å². The lowest BCUT2D eigenvalue weighted by Gasteiger charge is -2.35. The maximum Gasteiger partial charge on any atom is 0.509 e. The minimum Gasteiger partial charge on any atom is -0.508 e. The van der Waals surface area contributed by atoms with Crippen molar-refractivity contribution in [3.63, 3.8) is 0 Å². The van der Waals surface area contributed by atoms with Gasteiger partial charge in [-0.3, -0.25) is 14.4 Å². The molecule has 0 fully saturated rings. The molecule has 3 atom stereocenters. The van der Waals surface area contributed by atoms with Crippen LogP contribution in [0.25, 0.3) is 22.3 Å². The van der Waals surface area contributed by atoms with Gasteiger partial charge in [0, 0.05) is 22.9 Å². The van der Waals surface area contributed by atoms with E-state index in [4.69, 9.17) is 19.2 Å². The SMILES string of the molecule is CCCCCC(NC(=O)CC)C(=O)NC(COC(=O)OC1(CC)C(=O)OCc2c1cc1n(c2=O)Cc2c-1nc1ccc(O)cc1c2CC)C(C)C. The van der Waals surface area contributed by atoms with Crippen molar-refractivity contribution in [2.75, 3.05) is 6.61 Å². The second-order valence-electron chi connectivity index (χ2n) is 13.5. The first-order valence-corrected chi connectivity index (χ1v) is 17.9. The number of phenols is 1. The summed E-state index contributed by atoms with van der Waals surface area (Å²) in [6.45, 7) is 10.8. The standard InChI is InChI=1S/C38H48N4O9/c1-7-11-12-13-29(39-32(44)9-3)34(45)41-30(21(5)6)20-50-37(48)51-38(10-4)27-17-31-33-25(18-42(31)35(46)26(27)19-49-36(38)47)23(8-2)24-16-22(43)14-15-28(24)40-33/h14-17,21,29-30,43H,7-13,18-20H2,1-6H3,(H,39,44)(H,41,45). The Morgan fingerprint density at radius 3 is 2.49 bits per heavy atom. The summed E-state index contributed by atoms with van der Waals surface area (Å²) >= 11 is 0. The van der Waals surface area contributed by atoms with Crippen LogP contribution in [-0.4, -0.2) is 57.3 Å². The molecule has 13 heteroatoms. The van der Waals surface area contributed by atoms with Gasteiger partial charge in [-0.05, 0) is 55.0 Å². The summed E-state index contributed by atoms with van der Waals surface area (Å²) in [5.74, 6) is -1.49. The number of pyridine rings is 2. The number of esters is 1. The highest BCUT2D eigenvalue weighted by atomic mass is 16.7. The van der Waals surface area contributed by atoms with Gasteiger partial charge in [-0.25, -0.2) is 14.6 Å². The van der Waals surface area contributed by atoms with Gasteiger partial charge >= 0.3 is 12.1 Å². The lowest BCUT2D eigenvalue weighted by atomic mass is 9.85. The molecule has 2 aliphatic heterocycles. The molecule has 0 saturated heterocycles. The van der Waals surface area contributed by atoms with E-state index in [9.17, 15) is 29.1 Å². The Morgan fingerprint density at radius 1 is 1.06 bits per heavy atom. The van der Waals surface area contributed by atoms with Crippen LogP contribution in [0, 0.1) is 5.92 Å². The zero-order valence-electron chi connectivity index (χ0n) is 30.2. The molecule has 4 heterocycles. The number of aromatic nitrogens is 2. The number of carbonyl (C=O) groups is 4. The largest absolute Gasteiger partial charge is 0.509 e. The average molecular weight is 705 g/mol. The number of unbranched alkanes of at least 4 members (excludes halogenated alkanes) is 2. The topological polar surface area (TPSA) is 175 Å². The fourth-order valence-electron chi connectivity index (χ4n) is 6.89. The first-order chi connectivity index (χ1) is 24.4. The number of amides is 2. The number of nitrogens with one attached hydrogen (secondary N) is 2. The van der Waals surface area contributed by atoms with E-state index < -0.39 is 29.8 Å². The molecule has 0 aliphatic carbocycles. The van der Waals surface area contributed by atoms with Gasteiger partial charge in [0.2, 0.25) is 17.4 Å². The van der Waals surface area contributed by atoms with Crippen molar-refractivity contribution >= 4 is 34.8 Å². The van der Waals surface area contributed by atoms with Crippen LogP contribution in [0.3, 0.4) is 0 Å². The van der Waals surface area contributed by atoms with Crippen LogP contribution >= 0.6 is 0 Å². The molecule has 3 N–H and O–H groups in total. The molecule has 2 amide bonds. The fourth-order valence-corrected chi connectivity index (χ4v) is 6.89. The van der Waals surface area contributed by atoms with E-state index in [-0.39, 0.29) is 72.8 Å². The number of hydrogen-bond donors (Lipinski definition) is 3. The van der Waals surface area contributed by atoms with Crippen LogP contribution < -0.4 is 16.2 Å². The van der Waals surface area contributed by atoms with Crippen molar-refractivity contribution in [1.82, 2.24) is 20.2 Å². The van der Waals surface area contributed by atoms with Gasteiger partial charge in [0.15, 0.2) is 0 Å².